The van der Waals surface area contributed by atoms with Crippen molar-refractivity contribution in [2.24, 2.45) is 0 Å². The summed E-state index contributed by atoms with van der Waals surface area (Å²) in [5, 5.41) is 11.2. The Bertz CT molecular complexity index is 868. The van der Waals surface area contributed by atoms with Crippen LogP contribution in [0, 0.1) is 12.7 Å². The van der Waals surface area contributed by atoms with Crippen molar-refractivity contribution in [1.82, 2.24) is 19.6 Å². The van der Waals surface area contributed by atoms with Crippen LogP contribution in [0.4, 0.5) is 10.1 Å². The van der Waals surface area contributed by atoms with Crippen LogP contribution in [-0.4, -0.2) is 25.5 Å². The minimum Gasteiger partial charge on any atom is -0.319 e. The Morgan fingerprint density at radius 1 is 1.29 bits per heavy atom. The van der Waals surface area contributed by atoms with E-state index in [4.69, 9.17) is 0 Å². The average Bonchev–Trinajstić information content (AvgIpc) is 3.13. The number of aryl methyl sites for hydroxylation is 1. The third-order valence-electron chi connectivity index (χ3n) is 3.77. The smallest absolute Gasteiger partial charge is 0.259 e. The summed E-state index contributed by atoms with van der Waals surface area (Å²) >= 11 is 0. The number of hydrogen-bond acceptors (Lipinski definition) is 3. The van der Waals surface area contributed by atoms with Crippen LogP contribution >= 0.6 is 0 Å². The summed E-state index contributed by atoms with van der Waals surface area (Å²) in [5.74, 6) is -0.505. The fourth-order valence-electron chi connectivity index (χ4n) is 2.52. The molecular weight excluding hydrogens is 309 g/mol. The van der Waals surface area contributed by atoms with E-state index in [-0.39, 0.29) is 11.7 Å². The second kappa shape index (κ2) is 6.66. The molecule has 24 heavy (non-hydrogen) atoms. The molecule has 0 fully saturated rings. The van der Waals surface area contributed by atoms with E-state index in [1.165, 1.54) is 12.1 Å². The van der Waals surface area contributed by atoms with E-state index in [9.17, 15) is 9.18 Å². The Balaban J connectivity index is 1.69. The van der Waals surface area contributed by atoms with Crippen LogP contribution in [-0.2, 0) is 13.1 Å². The first-order valence-electron chi connectivity index (χ1n) is 7.67. The Morgan fingerprint density at radius 2 is 2.12 bits per heavy atom. The minimum atomic E-state index is -0.281. The van der Waals surface area contributed by atoms with Gasteiger partial charge in [0.1, 0.15) is 5.82 Å². The SMILES string of the molecule is CCn1ncc(C(=O)Nc2cnn(Cc3cccc(F)c3)c2)c1C. The van der Waals surface area contributed by atoms with Gasteiger partial charge in [-0.1, -0.05) is 12.1 Å². The molecule has 0 aliphatic heterocycles. The summed E-state index contributed by atoms with van der Waals surface area (Å²) in [6.07, 6.45) is 4.84. The third-order valence-corrected chi connectivity index (χ3v) is 3.77. The maximum Gasteiger partial charge on any atom is 0.259 e. The van der Waals surface area contributed by atoms with Crippen LogP contribution in [0.5, 0.6) is 0 Å². The number of amides is 1. The number of carbonyl (C=O) groups excluding carboxylic acids is 1. The van der Waals surface area contributed by atoms with Gasteiger partial charge in [0.05, 0.1) is 30.2 Å². The first-order valence-corrected chi connectivity index (χ1v) is 7.67. The summed E-state index contributed by atoms with van der Waals surface area (Å²) in [7, 11) is 0. The second-order valence-corrected chi connectivity index (χ2v) is 5.47. The first-order chi connectivity index (χ1) is 11.6. The number of carbonyl (C=O) groups is 1. The van der Waals surface area contributed by atoms with Crippen LogP contribution in [0.1, 0.15) is 28.5 Å². The molecule has 1 N–H and O–H groups in total. The maximum absolute atomic E-state index is 13.2. The predicted octanol–water partition coefficient (Wildman–Crippen LogP) is 2.85. The Kier molecular flexibility index (Phi) is 4.41. The molecule has 2 aromatic heterocycles. The lowest BCUT2D eigenvalue weighted by atomic mass is 10.2. The van der Waals surface area contributed by atoms with Crippen LogP contribution in [0.2, 0.25) is 0 Å². The lowest BCUT2D eigenvalue weighted by Crippen LogP contribution is -2.13. The van der Waals surface area contributed by atoms with Gasteiger partial charge in [-0.05, 0) is 31.5 Å². The van der Waals surface area contributed by atoms with Gasteiger partial charge in [-0.2, -0.15) is 10.2 Å². The van der Waals surface area contributed by atoms with Gasteiger partial charge in [-0.15, -0.1) is 0 Å². The summed E-state index contributed by atoms with van der Waals surface area (Å²) in [5.41, 5.74) is 2.74. The van der Waals surface area contributed by atoms with Crippen molar-refractivity contribution in [2.75, 3.05) is 5.32 Å². The number of anilines is 1. The lowest BCUT2D eigenvalue weighted by molar-refractivity contribution is 0.102. The fraction of sp³-hybridized carbons (Fsp3) is 0.235. The summed E-state index contributed by atoms with van der Waals surface area (Å²) in [4.78, 5) is 12.3. The molecule has 0 bridgehead atoms. The zero-order valence-corrected chi connectivity index (χ0v) is 13.5. The predicted molar refractivity (Wildman–Crippen MR) is 88.3 cm³/mol. The molecular formula is C17H18FN5O. The standard InChI is InChI=1S/C17H18FN5O/c1-3-23-12(2)16(9-20-23)17(24)21-15-8-19-22(11-15)10-13-5-4-6-14(18)7-13/h4-9,11H,3,10H2,1-2H3,(H,21,24). The highest BCUT2D eigenvalue weighted by Gasteiger charge is 2.14. The van der Waals surface area contributed by atoms with Crippen molar-refractivity contribution < 1.29 is 9.18 Å². The number of rotatable bonds is 5. The first kappa shape index (κ1) is 15.9. The molecule has 0 atom stereocenters. The molecule has 0 radical (unpaired) electrons. The van der Waals surface area contributed by atoms with E-state index in [0.29, 0.717) is 24.3 Å². The van der Waals surface area contributed by atoms with Gasteiger partial charge >= 0.3 is 0 Å². The van der Waals surface area contributed by atoms with Crippen molar-refractivity contribution >= 4 is 11.6 Å². The van der Waals surface area contributed by atoms with Gasteiger partial charge < -0.3 is 5.32 Å². The van der Waals surface area contributed by atoms with Gasteiger partial charge in [-0.25, -0.2) is 4.39 Å². The van der Waals surface area contributed by atoms with Crippen LogP contribution < -0.4 is 5.32 Å². The number of benzene rings is 1. The molecule has 124 valence electrons. The van der Waals surface area contributed by atoms with Gasteiger partial charge in [0.15, 0.2) is 0 Å². The molecule has 6 nitrogen and oxygen atoms in total. The van der Waals surface area contributed by atoms with Crippen LogP contribution in [0.3, 0.4) is 0 Å². The number of halogens is 1. The van der Waals surface area contributed by atoms with Crippen LogP contribution in [0.15, 0.2) is 42.9 Å². The second-order valence-electron chi connectivity index (χ2n) is 5.47. The van der Waals surface area contributed by atoms with Crippen molar-refractivity contribution in [1.29, 1.82) is 0 Å². The summed E-state index contributed by atoms with van der Waals surface area (Å²) in [6, 6.07) is 6.34. The highest BCUT2D eigenvalue weighted by atomic mass is 19.1. The third kappa shape index (κ3) is 3.34. The van der Waals surface area contributed by atoms with E-state index >= 15 is 0 Å². The molecule has 0 aliphatic carbocycles. The molecule has 1 aromatic carbocycles. The molecule has 3 aromatic rings. The molecule has 3 rings (SSSR count). The largest absolute Gasteiger partial charge is 0.319 e. The number of nitrogens with zero attached hydrogens (tertiary/aromatic N) is 4. The Hall–Kier alpha value is -2.96. The zero-order chi connectivity index (χ0) is 17.1. The van der Waals surface area contributed by atoms with E-state index in [1.807, 2.05) is 19.9 Å². The van der Waals surface area contributed by atoms with Gasteiger partial charge in [0.2, 0.25) is 0 Å². The minimum absolute atomic E-state index is 0.225. The highest BCUT2D eigenvalue weighted by Crippen LogP contribution is 2.13. The molecule has 1 amide bonds. The van der Waals surface area contributed by atoms with Gasteiger partial charge in [-0.3, -0.25) is 14.2 Å². The van der Waals surface area contributed by atoms with Crippen molar-refractivity contribution in [3.8, 4) is 0 Å². The van der Waals surface area contributed by atoms with Gasteiger partial charge in [0, 0.05) is 18.4 Å². The lowest BCUT2D eigenvalue weighted by Gasteiger charge is -2.03. The number of nitrogens with one attached hydrogen (secondary N) is 1. The average molecular weight is 327 g/mol. The molecule has 7 heteroatoms. The summed E-state index contributed by atoms with van der Waals surface area (Å²) in [6.45, 7) is 4.97. The van der Waals surface area contributed by atoms with Crippen molar-refractivity contribution in [2.45, 2.75) is 26.9 Å². The number of hydrogen-bond donors (Lipinski definition) is 1. The molecule has 0 saturated heterocycles. The normalized spacial score (nSPS) is 10.8. The van der Waals surface area contributed by atoms with Crippen molar-refractivity contribution in [3.63, 3.8) is 0 Å². The van der Waals surface area contributed by atoms with E-state index in [0.717, 1.165) is 11.3 Å². The molecule has 0 saturated carbocycles. The summed E-state index contributed by atoms with van der Waals surface area (Å²) < 4.78 is 16.6. The Morgan fingerprint density at radius 3 is 2.83 bits per heavy atom. The zero-order valence-electron chi connectivity index (χ0n) is 13.5. The quantitative estimate of drug-likeness (QED) is 0.784. The van der Waals surface area contributed by atoms with E-state index < -0.39 is 0 Å². The molecule has 2 heterocycles. The fourth-order valence-corrected chi connectivity index (χ4v) is 2.52. The van der Waals surface area contributed by atoms with E-state index in [2.05, 4.69) is 15.5 Å². The maximum atomic E-state index is 13.2. The molecule has 0 spiro atoms. The molecule has 0 unspecified atom stereocenters. The Labute approximate surface area is 138 Å². The number of aromatic nitrogens is 4. The monoisotopic (exact) mass is 327 g/mol. The van der Waals surface area contributed by atoms with Crippen LogP contribution in [0.25, 0.3) is 0 Å². The topological polar surface area (TPSA) is 64.7 Å². The van der Waals surface area contributed by atoms with E-state index in [1.54, 1.807) is 34.0 Å². The van der Waals surface area contributed by atoms with Crippen molar-refractivity contribution in [3.05, 3.63) is 65.5 Å². The van der Waals surface area contributed by atoms with Gasteiger partial charge in [0.25, 0.3) is 5.91 Å². The highest BCUT2D eigenvalue weighted by molar-refractivity contribution is 6.04. The molecule has 0 aliphatic rings.